The number of anilines is 1. The van der Waals surface area contributed by atoms with E-state index in [1.807, 2.05) is 19.1 Å². The lowest BCUT2D eigenvalue weighted by atomic mass is 10.1. The Kier molecular flexibility index (Phi) is 6.95. The van der Waals surface area contributed by atoms with Gasteiger partial charge in [0.2, 0.25) is 5.91 Å². The first-order chi connectivity index (χ1) is 14.0. The molecule has 1 atom stereocenters. The quantitative estimate of drug-likeness (QED) is 0.409. The highest BCUT2D eigenvalue weighted by atomic mass is 16.6. The average molecular weight is 401 g/mol. The molecule has 2 heterocycles. The smallest absolute Gasteiger partial charge is 0.278 e. The Bertz CT molecular complexity index is 867. The van der Waals surface area contributed by atoms with Crippen molar-refractivity contribution in [1.82, 2.24) is 15.2 Å². The summed E-state index contributed by atoms with van der Waals surface area (Å²) in [7, 11) is 1.65. The van der Waals surface area contributed by atoms with Gasteiger partial charge in [0.05, 0.1) is 16.4 Å². The Morgan fingerprint density at radius 2 is 2.03 bits per heavy atom. The number of nitro groups is 1. The van der Waals surface area contributed by atoms with Crippen LogP contribution in [0.1, 0.15) is 13.3 Å². The second kappa shape index (κ2) is 9.62. The third-order valence-corrected chi connectivity index (χ3v) is 5.38. The lowest BCUT2D eigenvalue weighted by molar-refractivity contribution is -0.383. The number of aromatic nitrogens is 1. The van der Waals surface area contributed by atoms with Crippen molar-refractivity contribution in [3.8, 4) is 0 Å². The Morgan fingerprint density at radius 1 is 1.28 bits per heavy atom. The third-order valence-electron chi connectivity index (χ3n) is 5.38. The predicted molar refractivity (Wildman–Crippen MR) is 111 cm³/mol. The first-order valence-corrected chi connectivity index (χ1v) is 9.79. The van der Waals surface area contributed by atoms with Gasteiger partial charge in [-0.05, 0) is 25.5 Å². The molecule has 1 unspecified atom stereocenters. The van der Waals surface area contributed by atoms with Crippen molar-refractivity contribution >= 4 is 28.1 Å². The van der Waals surface area contributed by atoms with Gasteiger partial charge in [0.15, 0.2) is 0 Å². The van der Waals surface area contributed by atoms with Crippen LogP contribution in [0.2, 0.25) is 0 Å². The minimum absolute atomic E-state index is 0.0291. The molecule has 1 fully saturated rings. The van der Waals surface area contributed by atoms with Crippen molar-refractivity contribution in [2.45, 2.75) is 19.4 Å². The van der Waals surface area contributed by atoms with Gasteiger partial charge in [-0.2, -0.15) is 0 Å². The monoisotopic (exact) mass is 401 g/mol. The average Bonchev–Trinajstić information content (AvgIpc) is 2.75. The van der Waals surface area contributed by atoms with E-state index in [0.29, 0.717) is 18.5 Å². The van der Waals surface area contributed by atoms with Gasteiger partial charge in [-0.15, -0.1) is 0 Å². The molecule has 1 aliphatic rings. The van der Waals surface area contributed by atoms with Crippen LogP contribution in [0.4, 0.5) is 11.4 Å². The Morgan fingerprint density at radius 3 is 2.72 bits per heavy atom. The number of ether oxygens (including phenoxy) is 1. The highest BCUT2D eigenvalue weighted by Gasteiger charge is 2.27. The molecule has 3 rings (SSSR count). The number of fused-ring (bicyclic) bond motifs is 1. The molecule has 0 aliphatic carbocycles. The van der Waals surface area contributed by atoms with Crippen molar-refractivity contribution in [3.63, 3.8) is 0 Å². The Hall–Kier alpha value is -2.78. The van der Waals surface area contributed by atoms with E-state index in [9.17, 15) is 14.9 Å². The van der Waals surface area contributed by atoms with E-state index in [4.69, 9.17) is 4.74 Å². The van der Waals surface area contributed by atoms with Gasteiger partial charge in [0, 0.05) is 76.0 Å². The fourth-order valence-electron chi connectivity index (χ4n) is 3.69. The first kappa shape index (κ1) is 20.9. The minimum atomic E-state index is -0.376. The molecular formula is C20H27N5O4. The summed E-state index contributed by atoms with van der Waals surface area (Å²) < 4.78 is 5.00. The van der Waals surface area contributed by atoms with Crippen LogP contribution >= 0.6 is 0 Å². The molecule has 1 amide bonds. The minimum Gasteiger partial charge on any atom is -0.385 e. The molecule has 1 N–H and O–H groups in total. The van der Waals surface area contributed by atoms with E-state index in [2.05, 4.69) is 20.1 Å². The van der Waals surface area contributed by atoms with Crippen LogP contribution in [0.3, 0.4) is 0 Å². The summed E-state index contributed by atoms with van der Waals surface area (Å²) in [6.45, 7) is 6.15. The molecule has 9 heteroatoms. The maximum absolute atomic E-state index is 12.4. The SMILES string of the molecule is COCCCNC(=O)C(C)N1CCN(c2ccc([N+](=O)[O-])c3cnccc23)CC1. The van der Waals surface area contributed by atoms with Gasteiger partial charge in [0.25, 0.3) is 5.69 Å². The summed E-state index contributed by atoms with van der Waals surface area (Å²) in [6.07, 6.45) is 4.00. The predicted octanol–water partition coefficient (Wildman–Crippen LogP) is 1.81. The number of methoxy groups -OCH3 is 1. The number of carbonyl (C=O) groups is 1. The number of nitrogens with one attached hydrogen (secondary N) is 1. The number of hydrogen-bond donors (Lipinski definition) is 1. The van der Waals surface area contributed by atoms with E-state index in [1.54, 1.807) is 25.6 Å². The fourth-order valence-corrected chi connectivity index (χ4v) is 3.69. The third kappa shape index (κ3) is 4.80. The van der Waals surface area contributed by atoms with Crippen LogP contribution in [0.15, 0.2) is 30.6 Å². The van der Waals surface area contributed by atoms with E-state index in [0.717, 1.165) is 43.7 Å². The van der Waals surface area contributed by atoms with Gasteiger partial charge >= 0.3 is 0 Å². The molecule has 9 nitrogen and oxygen atoms in total. The number of hydrogen-bond acceptors (Lipinski definition) is 7. The van der Waals surface area contributed by atoms with Crippen molar-refractivity contribution in [2.75, 3.05) is 51.3 Å². The van der Waals surface area contributed by atoms with Crippen molar-refractivity contribution in [1.29, 1.82) is 0 Å². The van der Waals surface area contributed by atoms with Crippen LogP contribution in [0.5, 0.6) is 0 Å². The van der Waals surface area contributed by atoms with Crippen molar-refractivity contribution in [3.05, 3.63) is 40.7 Å². The van der Waals surface area contributed by atoms with Gasteiger partial charge in [-0.25, -0.2) is 0 Å². The van der Waals surface area contributed by atoms with Crippen LogP contribution in [0.25, 0.3) is 10.8 Å². The molecule has 2 aromatic rings. The largest absolute Gasteiger partial charge is 0.385 e. The molecule has 1 saturated heterocycles. The van der Waals surface area contributed by atoms with Crippen LogP contribution in [-0.2, 0) is 9.53 Å². The van der Waals surface area contributed by atoms with Crippen LogP contribution in [-0.4, -0.2) is 73.2 Å². The number of non-ortho nitro benzene ring substituents is 1. The number of benzene rings is 1. The number of nitro benzene ring substituents is 1. The van der Waals surface area contributed by atoms with Crippen molar-refractivity contribution in [2.24, 2.45) is 0 Å². The summed E-state index contributed by atoms with van der Waals surface area (Å²) in [4.78, 5) is 31.7. The number of amides is 1. The van der Waals surface area contributed by atoms with Crippen LogP contribution < -0.4 is 10.2 Å². The van der Waals surface area contributed by atoms with Gasteiger partial charge < -0.3 is 15.0 Å². The molecule has 156 valence electrons. The molecule has 1 aromatic heterocycles. The van der Waals surface area contributed by atoms with Gasteiger partial charge in [0.1, 0.15) is 0 Å². The number of pyridine rings is 1. The highest BCUT2D eigenvalue weighted by Crippen LogP contribution is 2.33. The molecule has 0 radical (unpaired) electrons. The van der Waals surface area contributed by atoms with E-state index < -0.39 is 0 Å². The van der Waals surface area contributed by atoms with E-state index in [1.165, 1.54) is 0 Å². The molecule has 0 saturated carbocycles. The molecule has 1 aliphatic heterocycles. The Balaban J connectivity index is 1.65. The number of piperazine rings is 1. The number of nitrogens with zero attached hydrogens (tertiary/aromatic N) is 4. The molecule has 0 bridgehead atoms. The molecule has 0 spiro atoms. The topological polar surface area (TPSA) is 101 Å². The van der Waals surface area contributed by atoms with E-state index in [-0.39, 0.29) is 22.6 Å². The molecular weight excluding hydrogens is 374 g/mol. The van der Waals surface area contributed by atoms with Crippen LogP contribution in [0, 0.1) is 10.1 Å². The zero-order valence-corrected chi connectivity index (χ0v) is 16.8. The zero-order chi connectivity index (χ0) is 20.8. The zero-order valence-electron chi connectivity index (χ0n) is 16.8. The number of carbonyl (C=O) groups excluding carboxylic acids is 1. The van der Waals surface area contributed by atoms with Gasteiger partial charge in [-0.1, -0.05) is 0 Å². The van der Waals surface area contributed by atoms with Gasteiger partial charge in [-0.3, -0.25) is 24.8 Å². The maximum Gasteiger partial charge on any atom is 0.278 e. The van der Waals surface area contributed by atoms with Crippen molar-refractivity contribution < 1.29 is 14.5 Å². The summed E-state index contributed by atoms with van der Waals surface area (Å²) in [5.41, 5.74) is 1.03. The first-order valence-electron chi connectivity index (χ1n) is 9.79. The molecule has 1 aromatic carbocycles. The summed E-state index contributed by atoms with van der Waals surface area (Å²) in [6, 6.07) is 4.97. The lowest BCUT2D eigenvalue weighted by Gasteiger charge is -2.38. The maximum atomic E-state index is 12.4. The number of rotatable bonds is 8. The molecule has 29 heavy (non-hydrogen) atoms. The second-order valence-corrected chi connectivity index (χ2v) is 7.12. The standard InChI is InChI=1S/C20H27N5O4/c1-15(20(26)22-7-3-13-29-2)23-9-11-24(12-10-23)18-4-5-19(25(27)28)17-14-21-8-6-16(17)18/h4-6,8,14-15H,3,7,9-13H2,1-2H3,(H,22,26). The lowest BCUT2D eigenvalue weighted by Crippen LogP contribution is -2.54. The van der Waals surface area contributed by atoms with E-state index >= 15 is 0 Å². The second-order valence-electron chi connectivity index (χ2n) is 7.12. The highest BCUT2D eigenvalue weighted by molar-refractivity contribution is 5.99. The Labute approximate surface area is 169 Å². The fraction of sp³-hybridized carbons (Fsp3) is 0.500. The normalized spacial score (nSPS) is 16.0. The summed E-state index contributed by atoms with van der Waals surface area (Å²) >= 11 is 0. The summed E-state index contributed by atoms with van der Waals surface area (Å²) in [5, 5.41) is 15.6. The summed E-state index contributed by atoms with van der Waals surface area (Å²) in [5.74, 6) is 0.0291.